The molecule has 0 aliphatic carbocycles. The monoisotopic (exact) mass is 154 g/mol. The van der Waals surface area contributed by atoms with Crippen LogP contribution in [0.1, 0.15) is 6.42 Å². The fourth-order valence-electron chi connectivity index (χ4n) is 0.0527. The van der Waals surface area contributed by atoms with Crippen LogP contribution >= 0.6 is 12.2 Å². The Labute approximate surface area is 45.8 Å². The quantitative estimate of drug-likeness (QED) is 0.415. The summed E-state index contributed by atoms with van der Waals surface area (Å²) in [5, 5.41) is 2.87. The van der Waals surface area contributed by atoms with Gasteiger partial charge in [0.15, 0.2) is 0 Å². The summed E-state index contributed by atoms with van der Waals surface area (Å²) in [7, 11) is 0. The van der Waals surface area contributed by atoms with Crippen molar-refractivity contribution >= 4 is 33.6 Å². The molecule has 0 aromatic carbocycles. The Morgan fingerprint density at radius 2 is 2.40 bits per heavy atom. The van der Waals surface area contributed by atoms with E-state index in [1.807, 2.05) is 0 Å². The Bertz CT molecular complexity index is 28.1. The summed E-state index contributed by atoms with van der Waals surface area (Å²) in [6.45, 7) is 0. The van der Waals surface area contributed by atoms with E-state index in [0.717, 1.165) is 11.7 Å². The van der Waals surface area contributed by atoms with Crippen molar-refractivity contribution in [3.63, 3.8) is 0 Å². The van der Waals surface area contributed by atoms with Crippen molar-refractivity contribution in [1.29, 1.82) is 0 Å². The van der Waals surface area contributed by atoms with Crippen molar-refractivity contribution in [3.8, 4) is 0 Å². The zero-order chi connectivity index (χ0) is 4.12. The van der Waals surface area contributed by atoms with Crippen LogP contribution in [0.15, 0.2) is 0 Å². The van der Waals surface area contributed by atoms with Crippen molar-refractivity contribution in [2.75, 3.05) is 0 Å². The van der Waals surface area contributed by atoms with Crippen molar-refractivity contribution in [3.05, 3.63) is 0 Å². The predicted octanol–water partition coefficient (Wildman–Crippen LogP) is 0.695. The molecule has 0 aliphatic heterocycles. The summed E-state index contributed by atoms with van der Waals surface area (Å²) in [4.78, 5) is 0. The standard InChI is InChI=1S/C3H6SSe/c4-2-1-3-5/h2,5H,1,3H2. The van der Waals surface area contributed by atoms with Gasteiger partial charge in [-0.3, -0.25) is 0 Å². The molecule has 5 heavy (non-hydrogen) atoms. The molecule has 0 radical (unpaired) electrons. The molecule has 0 saturated carbocycles. The van der Waals surface area contributed by atoms with Crippen molar-refractivity contribution < 1.29 is 0 Å². The maximum absolute atomic E-state index is 4.52. The summed E-state index contributed by atoms with van der Waals surface area (Å²) in [6, 6.07) is 0. The molecule has 0 N–H and O–H groups in total. The van der Waals surface area contributed by atoms with Crippen molar-refractivity contribution in [2.45, 2.75) is 11.7 Å². The molecule has 0 atom stereocenters. The van der Waals surface area contributed by atoms with Gasteiger partial charge in [0.25, 0.3) is 0 Å². The Hall–Kier alpha value is 0.609. The van der Waals surface area contributed by atoms with Crippen LogP contribution in [0, 0.1) is 0 Å². The van der Waals surface area contributed by atoms with E-state index in [-0.39, 0.29) is 0 Å². The molecule has 0 spiro atoms. The van der Waals surface area contributed by atoms with Crippen LogP contribution in [-0.4, -0.2) is 21.4 Å². The first kappa shape index (κ1) is 5.61. The van der Waals surface area contributed by atoms with E-state index in [9.17, 15) is 0 Å². The van der Waals surface area contributed by atoms with E-state index in [0.29, 0.717) is 0 Å². The van der Waals surface area contributed by atoms with Gasteiger partial charge in [-0.2, -0.15) is 0 Å². The fraction of sp³-hybridized carbons (Fsp3) is 0.667. The van der Waals surface area contributed by atoms with Gasteiger partial charge in [-0.15, -0.1) is 0 Å². The zero-order valence-corrected chi connectivity index (χ0v) is 5.54. The molecule has 0 amide bonds. The topological polar surface area (TPSA) is 0 Å². The molecule has 0 nitrogen and oxygen atoms in total. The maximum atomic E-state index is 4.52. The third kappa shape index (κ3) is 4.61. The van der Waals surface area contributed by atoms with Crippen molar-refractivity contribution in [2.24, 2.45) is 0 Å². The molecule has 0 bridgehead atoms. The van der Waals surface area contributed by atoms with Crippen LogP contribution in [0.5, 0.6) is 0 Å². The molecule has 0 fully saturated rings. The number of hydrogen-bond donors (Lipinski definition) is 0. The molecule has 0 rings (SSSR count). The molecule has 0 saturated heterocycles. The Morgan fingerprint density at radius 1 is 1.80 bits per heavy atom. The SMILES string of the molecule is S=CCC[SeH]. The Balaban J connectivity index is 2.40. The van der Waals surface area contributed by atoms with E-state index in [1.165, 1.54) is 0 Å². The second kappa shape index (κ2) is 4.61. The molecule has 0 aromatic heterocycles. The van der Waals surface area contributed by atoms with Gasteiger partial charge in [-0.25, -0.2) is 0 Å². The average molecular weight is 153 g/mol. The minimum atomic E-state index is 1.05. The molecule has 2 heteroatoms. The molecule has 30 valence electrons. The van der Waals surface area contributed by atoms with Crippen LogP contribution in [0.2, 0.25) is 5.32 Å². The van der Waals surface area contributed by atoms with Gasteiger partial charge in [0.1, 0.15) is 0 Å². The van der Waals surface area contributed by atoms with Gasteiger partial charge in [0.05, 0.1) is 0 Å². The second-order valence-electron chi connectivity index (χ2n) is 0.679. The molecule has 0 heterocycles. The van der Waals surface area contributed by atoms with E-state index in [2.05, 4.69) is 28.2 Å². The summed E-state index contributed by atoms with van der Waals surface area (Å²) >= 11 is 7.00. The van der Waals surface area contributed by atoms with Crippen LogP contribution in [0.3, 0.4) is 0 Å². The van der Waals surface area contributed by atoms with Crippen LogP contribution in [0.4, 0.5) is 0 Å². The van der Waals surface area contributed by atoms with Gasteiger partial charge in [-0.1, -0.05) is 0 Å². The summed E-state index contributed by atoms with van der Waals surface area (Å²) in [6.07, 6.45) is 1.05. The molecular formula is C3H6SSe. The Kier molecular flexibility index (Phi) is 5.17. The summed E-state index contributed by atoms with van der Waals surface area (Å²) < 4.78 is 0. The Morgan fingerprint density at radius 3 is 2.40 bits per heavy atom. The number of rotatable bonds is 2. The molecule has 0 unspecified atom stereocenters. The first-order valence-electron chi connectivity index (χ1n) is 1.46. The van der Waals surface area contributed by atoms with Gasteiger partial charge in [0, 0.05) is 0 Å². The number of thiocarbonyl (C=S) groups is 1. The fourth-order valence-corrected chi connectivity index (χ4v) is 0.822. The molecule has 0 aromatic rings. The van der Waals surface area contributed by atoms with Crippen molar-refractivity contribution in [1.82, 2.24) is 0 Å². The summed E-state index contributed by atoms with van der Waals surface area (Å²) in [5.41, 5.74) is 0. The first-order chi connectivity index (χ1) is 2.41. The van der Waals surface area contributed by atoms with Crippen LogP contribution < -0.4 is 0 Å². The van der Waals surface area contributed by atoms with Crippen LogP contribution in [-0.2, 0) is 0 Å². The zero-order valence-electron chi connectivity index (χ0n) is 2.85. The number of hydrogen-bond acceptors (Lipinski definition) is 1. The normalized spacial score (nSPS) is 7.40. The van der Waals surface area contributed by atoms with Gasteiger partial charge in [-0.05, 0) is 0 Å². The first-order valence-corrected chi connectivity index (χ1v) is 3.26. The molecular weight excluding hydrogens is 147 g/mol. The van der Waals surface area contributed by atoms with E-state index >= 15 is 0 Å². The van der Waals surface area contributed by atoms with E-state index in [4.69, 9.17) is 0 Å². The van der Waals surface area contributed by atoms with Gasteiger partial charge in [0.2, 0.25) is 0 Å². The second-order valence-corrected chi connectivity index (χ2v) is 1.95. The summed E-state index contributed by atoms with van der Waals surface area (Å²) in [5.74, 6) is 0. The van der Waals surface area contributed by atoms with E-state index < -0.39 is 0 Å². The third-order valence-corrected chi connectivity index (χ3v) is 1.02. The third-order valence-electron chi connectivity index (χ3n) is 0.247. The minimum absolute atomic E-state index is 1.05. The predicted molar refractivity (Wildman–Crippen MR) is 30.2 cm³/mol. The van der Waals surface area contributed by atoms with Gasteiger partial charge < -0.3 is 0 Å². The molecule has 0 aliphatic rings. The van der Waals surface area contributed by atoms with E-state index in [1.54, 1.807) is 5.37 Å². The average Bonchev–Trinajstić information content (AvgIpc) is 1.41. The van der Waals surface area contributed by atoms with Crippen LogP contribution in [0.25, 0.3) is 0 Å². The van der Waals surface area contributed by atoms with Gasteiger partial charge >= 0.3 is 45.3 Å².